The van der Waals surface area contributed by atoms with Gasteiger partial charge >= 0.3 is 0 Å². The van der Waals surface area contributed by atoms with Crippen LogP contribution in [0.1, 0.15) is 31.2 Å². The van der Waals surface area contributed by atoms with Gasteiger partial charge in [0.2, 0.25) is 0 Å². The second-order valence-electron chi connectivity index (χ2n) is 4.91. The predicted octanol–water partition coefficient (Wildman–Crippen LogP) is 4.71. The molecule has 1 aromatic carbocycles. The monoisotopic (exact) mass is 271 g/mol. The van der Waals surface area contributed by atoms with Crippen LogP contribution in [0.4, 0.5) is 5.69 Å². The van der Waals surface area contributed by atoms with Crippen molar-refractivity contribution >= 4 is 28.9 Å². The number of hydrogen-bond donors (Lipinski definition) is 0. The van der Waals surface area contributed by atoms with Gasteiger partial charge in [-0.25, -0.2) is 0 Å². The van der Waals surface area contributed by atoms with Crippen molar-refractivity contribution in [3.8, 4) is 0 Å². The van der Waals surface area contributed by atoms with Crippen molar-refractivity contribution in [2.75, 3.05) is 18.5 Å². The van der Waals surface area contributed by atoms with E-state index in [1.165, 1.54) is 25.7 Å². The van der Waals surface area contributed by atoms with Crippen LogP contribution in [-0.4, -0.2) is 13.6 Å². The van der Waals surface area contributed by atoms with Gasteiger partial charge in [0.15, 0.2) is 0 Å². The van der Waals surface area contributed by atoms with Crippen LogP contribution < -0.4 is 4.90 Å². The summed E-state index contributed by atoms with van der Waals surface area (Å²) in [6.07, 6.45) is 5.46. The highest BCUT2D eigenvalue weighted by atomic mass is 35.5. The van der Waals surface area contributed by atoms with Crippen LogP contribution in [0.5, 0.6) is 0 Å². The van der Waals surface area contributed by atoms with Crippen molar-refractivity contribution < 1.29 is 0 Å². The Kier molecular flexibility index (Phi) is 4.58. The lowest BCUT2D eigenvalue weighted by Gasteiger charge is -2.26. The predicted molar refractivity (Wildman–Crippen MR) is 76.2 cm³/mol. The van der Waals surface area contributed by atoms with E-state index in [9.17, 15) is 0 Å². The Balaban J connectivity index is 2.14. The lowest BCUT2D eigenvalue weighted by molar-refractivity contribution is 0.546. The van der Waals surface area contributed by atoms with Gasteiger partial charge in [0.05, 0.1) is 10.7 Å². The van der Waals surface area contributed by atoms with Crippen LogP contribution in [0, 0.1) is 5.92 Å². The molecule has 0 aromatic heterocycles. The molecule has 1 aliphatic rings. The average molecular weight is 272 g/mol. The van der Waals surface area contributed by atoms with Gasteiger partial charge in [0.1, 0.15) is 0 Å². The molecule has 17 heavy (non-hydrogen) atoms. The molecule has 2 rings (SSSR count). The molecule has 1 saturated carbocycles. The molecule has 0 aliphatic heterocycles. The fourth-order valence-electron chi connectivity index (χ4n) is 2.77. The lowest BCUT2D eigenvalue weighted by Crippen LogP contribution is -2.25. The summed E-state index contributed by atoms with van der Waals surface area (Å²) in [4.78, 5) is 2.27. The maximum atomic E-state index is 6.29. The number of anilines is 1. The third-order valence-corrected chi connectivity index (χ3v) is 4.20. The summed E-state index contributed by atoms with van der Waals surface area (Å²) in [7, 11) is 2.12. The topological polar surface area (TPSA) is 3.24 Å². The van der Waals surface area contributed by atoms with Crippen LogP contribution in [0.2, 0.25) is 5.02 Å². The van der Waals surface area contributed by atoms with Crippen molar-refractivity contribution in [3.63, 3.8) is 0 Å². The molecule has 0 amide bonds. The van der Waals surface area contributed by atoms with Gasteiger partial charge < -0.3 is 4.90 Å². The van der Waals surface area contributed by atoms with Crippen LogP contribution in [0.3, 0.4) is 0 Å². The Hall–Kier alpha value is -0.400. The quantitative estimate of drug-likeness (QED) is 0.718. The Morgan fingerprint density at radius 2 is 2.00 bits per heavy atom. The molecule has 0 radical (unpaired) electrons. The van der Waals surface area contributed by atoms with Crippen LogP contribution in [0.15, 0.2) is 18.2 Å². The second-order valence-corrected chi connectivity index (χ2v) is 5.59. The Morgan fingerprint density at radius 1 is 1.29 bits per heavy atom. The Labute approximate surface area is 114 Å². The van der Waals surface area contributed by atoms with E-state index in [1.807, 2.05) is 12.1 Å². The standard InChI is InChI=1S/C14H19Cl2N/c1-17(10-11-5-2-3-6-11)14-12(9-15)7-4-8-13(14)16/h4,7-8,11H,2-3,5-6,9-10H2,1H3. The van der Waals surface area contributed by atoms with Gasteiger partial charge in [0, 0.05) is 19.5 Å². The number of benzene rings is 1. The average Bonchev–Trinajstić information content (AvgIpc) is 2.81. The first kappa shape index (κ1) is 13.0. The van der Waals surface area contributed by atoms with Crippen LogP contribution >= 0.6 is 23.2 Å². The van der Waals surface area contributed by atoms with Crippen molar-refractivity contribution in [2.24, 2.45) is 5.92 Å². The molecule has 1 fully saturated rings. The number of alkyl halides is 1. The first-order valence-corrected chi connectivity index (χ1v) is 7.18. The highest BCUT2D eigenvalue weighted by molar-refractivity contribution is 6.33. The number of hydrogen-bond acceptors (Lipinski definition) is 1. The molecule has 0 bridgehead atoms. The van der Waals surface area contributed by atoms with Gasteiger partial charge in [-0.1, -0.05) is 36.6 Å². The SMILES string of the molecule is CN(CC1CCCC1)c1c(Cl)cccc1CCl. The molecule has 0 saturated heterocycles. The normalized spacial score (nSPS) is 16.4. The first-order chi connectivity index (χ1) is 8.22. The molecule has 0 heterocycles. The van der Waals surface area contributed by atoms with Crippen molar-refractivity contribution in [3.05, 3.63) is 28.8 Å². The summed E-state index contributed by atoms with van der Waals surface area (Å²) in [6, 6.07) is 5.96. The van der Waals surface area contributed by atoms with Gasteiger partial charge in [-0.15, -0.1) is 11.6 Å². The van der Waals surface area contributed by atoms with E-state index in [-0.39, 0.29) is 0 Å². The molecular weight excluding hydrogens is 253 g/mol. The van der Waals surface area contributed by atoms with E-state index in [0.29, 0.717) is 5.88 Å². The lowest BCUT2D eigenvalue weighted by atomic mass is 10.1. The number of nitrogens with zero attached hydrogens (tertiary/aromatic N) is 1. The molecule has 1 aliphatic carbocycles. The molecule has 0 atom stereocenters. The minimum Gasteiger partial charge on any atom is -0.373 e. The fraction of sp³-hybridized carbons (Fsp3) is 0.571. The highest BCUT2D eigenvalue weighted by Crippen LogP contribution is 2.33. The zero-order valence-corrected chi connectivity index (χ0v) is 11.8. The van der Waals surface area contributed by atoms with E-state index in [1.54, 1.807) is 0 Å². The van der Waals surface area contributed by atoms with Crippen molar-refractivity contribution in [2.45, 2.75) is 31.6 Å². The number of halogens is 2. The van der Waals surface area contributed by atoms with Gasteiger partial charge in [-0.05, 0) is 30.4 Å². The van der Waals surface area contributed by atoms with Crippen LogP contribution in [0.25, 0.3) is 0 Å². The van der Waals surface area contributed by atoms with Gasteiger partial charge in [-0.3, -0.25) is 0 Å². The van der Waals surface area contributed by atoms with E-state index < -0.39 is 0 Å². The first-order valence-electron chi connectivity index (χ1n) is 6.27. The molecule has 1 aromatic rings. The molecule has 94 valence electrons. The Bertz CT molecular complexity index is 372. The minimum atomic E-state index is 0.519. The third kappa shape index (κ3) is 3.08. The fourth-order valence-corrected chi connectivity index (χ4v) is 3.32. The second kappa shape index (κ2) is 5.97. The summed E-state index contributed by atoms with van der Waals surface area (Å²) in [6.45, 7) is 1.09. The molecule has 0 N–H and O–H groups in total. The largest absolute Gasteiger partial charge is 0.373 e. The smallest absolute Gasteiger partial charge is 0.0642 e. The zero-order chi connectivity index (χ0) is 12.3. The van der Waals surface area contributed by atoms with Gasteiger partial charge in [-0.2, -0.15) is 0 Å². The summed E-state index contributed by atoms with van der Waals surface area (Å²) in [5.41, 5.74) is 2.23. The summed E-state index contributed by atoms with van der Waals surface area (Å²) >= 11 is 12.3. The van der Waals surface area contributed by atoms with E-state index in [4.69, 9.17) is 23.2 Å². The Morgan fingerprint density at radius 3 is 2.65 bits per heavy atom. The molecular formula is C14H19Cl2N. The van der Waals surface area contributed by atoms with Crippen molar-refractivity contribution in [1.29, 1.82) is 0 Å². The van der Waals surface area contributed by atoms with Crippen molar-refractivity contribution in [1.82, 2.24) is 0 Å². The third-order valence-electron chi connectivity index (χ3n) is 3.60. The molecule has 0 spiro atoms. The molecule has 1 nitrogen and oxygen atoms in total. The van der Waals surface area contributed by atoms with E-state index >= 15 is 0 Å². The molecule has 3 heteroatoms. The van der Waals surface area contributed by atoms with Gasteiger partial charge in [0.25, 0.3) is 0 Å². The van der Waals surface area contributed by atoms with Crippen LogP contribution in [-0.2, 0) is 5.88 Å². The summed E-state index contributed by atoms with van der Waals surface area (Å²) in [5.74, 6) is 1.34. The molecule has 0 unspecified atom stereocenters. The summed E-state index contributed by atoms with van der Waals surface area (Å²) in [5, 5.41) is 0.809. The maximum Gasteiger partial charge on any atom is 0.0642 e. The van der Waals surface area contributed by atoms with E-state index in [2.05, 4.69) is 18.0 Å². The summed E-state index contributed by atoms with van der Waals surface area (Å²) < 4.78 is 0. The maximum absolute atomic E-state index is 6.29. The minimum absolute atomic E-state index is 0.519. The van der Waals surface area contributed by atoms with E-state index in [0.717, 1.165) is 28.7 Å². The number of rotatable bonds is 4. The highest BCUT2D eigenvalue weighted by Gasteiger charge is 2.19. The zero-order valence-electron chi connectivity index (χ0n) is 10.3. The number of para-hydroxylation sites is 1.